The van der Waals surface area contributed by atoms with Crippen molar-refractivity contribution in [2.45, 2.75) is 44.9 Å². The Bertz CT molecular complexity index is 899. The van der Waals surface area contributed by atoms with Gasteiger partial charge in [0.1, 0.15) is 5.75 Å². The molecule has 0 saturated carbocycles. The van der Waals surface area contributed by atoms with E-state index in [0.29, 0.717) is 23.9 Å². The molecule has 2 aromatic rings. The van der Waals surface area contributed by atoms with Gasteiger partial charge < -0.3 is 4.74 Å². The number of sulfonamides is 1. The Morgan fingerprint density at radius 3 is 2.26 bits per heavy atom. The number of ether oxygens (including phenoxy) is 1. The van der Waals surface area contributed by atoms with Gasteiger partial charge in [-0.15, -0.1) is 0 Å². The lowest BCUT2D eigenvalue weighted by Crippen LogP contribution is -2.39. The molecule has 2 aromatic carbocycles. The van der Waals surface area contributed by atoms with Gasteiger partial charge in [-0.05, 0) is 74.3 Å². The minimum absolute atomic E-state index is 0.447. The van der Waals surface area contributed by atoms with Crippen LogP contribution in [0.25, 0.3) is 0 Å². The van der Waals surface area contributed by atoms with E-state index in [9.17, 15) is 8.42 Å². The molecule has 1 aliphatic heterocycles. The Morgan fingerprint density at radius 2 is 1.67 bits per heavy atom. The zero-order valence-corrected chi connectivity index (χ0v) is 17.5. The zero-order chi connectivity index (χ0) is 19.6. The fourth-order valence-corrected chi connectivity index (χ4v) is 6.02. The summed E-state index contributed by atoms with van der Waals surface area (Å²) in [4.78, 5) is 0.447. The summed E-state index contributed by atoms with van der Waals surface area (Å²) >= 11 is 0. The molecule has 0 N–H and O–H groups in total. The van der Waals surface area contributed by atoms with Crippen molar-refractivity contribution in [1.29, 1.82) is 0 Å². The average Bonchev–Trinajstić information content (AvgIpc) is 2.66. The van der Waals surface area contributed by atoms with Gasteiger partial charge in [-0.3, -0.25) is 0 Å². The van der Waals surface area contributed by atoms with Crippen LogP contribution in [-0.2, 0) is 16.4 Å². The van der Waals surface area contributed by atoms with Crippen LogP contribution in [0.15, 0.2) is 41.3 Å². The normalized spacial score (nSPS) is 16.4. The Morgan fingerprint density at radius 1 is 1.04 bits per heavy atom. The topological polar surface area (TPSA) is 46.6 Å². The van der Waals surface area contributed by atoms with E-state index in [2.05, 4.69) is 24.3 Å². The first-order valence-corrected chi connectivity index (χ1v) is 11.0. The predicted octanol–water partition coefficient (Wildman–Crippen LogP) is 4.26. The summed E-state index contributed by atoms with van der Waals surface area (Å²) in [6, 6.07) is 12.3. The first-order chi connectivity index (χ1) is 12.8. The largest absolute Gasteiger partial charge is 0.496 e. The van der Waals surface area contributed by atoms with Crippen molar-refractivity contribution >= 4 is 10.0 Å². The van der Waals surface area contributed by atoms with Crippen molar-refractivity contribution in [1.82, 2.24) is 4.31 Å². The maximum atomic E-state index is 13.3. The minimum Gasteiger partial charge on any atom is -0.496 e. The maximum Gasteiger partial charge on any atom is 0.243 e. The molecule has 5 heteroatoms. The van der Waals surface area contributed by atoms with Crippen LogP contribution in [0.3, 0.4) is 0 Å². The molecule has 1 aliphatic rings. The summed E-state index contributed by atoms with van der Waals surface area (Å²) in [6.07, 6.45) is 2.83. The Hall–Kier alpha value is -1.85. The summed E-state index contributed by atoms with van der Waals surface area (Å²) in [6.45, 7) is 6.82. The molecule has 3 rings (SSSR count). The highest BCUT2D eigenvalue weighted by Crippen LogP contribution is 2.34. The number of nitrogens with zero attached hydrogens (tertiary/aromatic N) is 1. The number of piperidine rings is 1. The van der Waals surface area contributed by atoms with Gasteiger partial charge in [0.2, 0.25) is 10.0 Å². The molecule has 0 unspecified atom stereocenters. The van der Waals surface area contributed by atoms with Gasteiger partial charge in [-0.2, -0.15) is 4.31 Å². The second-order valence-corrected chi connectivity index (χ2v) is 9.39. The van der Waals surface area contributed by atoms with Crippen LogP contribution in [0.5, 0.6) is 5.75 Å². The Kier molecular flexibility index (Phi) is 5.92. The number of rotatable bonds is 5. The third-order valence-corrected chi connectivity index (χ3v) is 7.93. The molecule has 0 aromatic heterocycles. The van der Waals surface area contributed by atoms with E-state index in [0.717, 1.165) is 41.7 Å². The highest BCUT2D eigenvalue weighted by atomic mass is 32.2. The molecule has 0 aliphatic carbocycles. The van der Waals surface area contributed by atoms with Gasteiger partial charge in [0.05, 0.1) is 12.0 Å². The smallest absolute Gasteiger partial charge is 0.243 e. The fraction of sp³-hybridized carbons (Fsp3) is 0.455. The molecule has 27 heavy (non-hydrogen) atoms. The maximum absolute atomic E-state index is 13.3. The molecule has 1 saturated heterocycles. The molecule has 4 nitrogen and oxygen atoms in total. The number of hydrogen-bond acceptors (Lipinski definition) is 3. The quantitative estimate of drug-likeness (QED) is 0.770. The molecule has 1 fully saturated rings. The van der Waals surface area contributed by atoms with Crippen LogP contribution in [0, 0.1) is 26.7 Å². The van der Waals surface area contributed by atoms with Gasteiger partial charge >= 0.3 is 0 Å². The van der Waals surface area contributed by atoms with Crippen LogP contribution in [0.1, 0.15) is 35.1 Å². The third kappa shape index (κ3) is 4.04. The van der Waals surface area contributed by atoms with Crippen LogP contribution >= 0.6 is 0 Å². The van der Waals surface area contributed by atoms with Crippen molar-refractivity contribution in [3.63, 3.8) is 0 Å². The molecule has 0 spiro atoms. The predicted molar refractivity (Wildman–Crippen MR) is 109 cm³/mol. The second kappa shape index (κ2) is 8.03. The van der Waals surface area contributed by atoms with Crippen LogP contribution in [0.4, 0.5) is 0 Å². The number of methoxy groups -OCH3 is 1. The number of benzene rings is 2. The third-order valence-electron chi connectivity index (χ3n) is 5.74. The van der Waals surface area contributed by atoms with Crippen molar-refractivity contribution in [2.75, 3.05) is 20.2 Å². The first kappa shape index (κ1) is 19.9. The van der Waals surface area contributed by atoms with Gasteiger partial charge in [0.25, 0.3) is 0 Å². The van der Waals surface area contributed by atoms with Crippen LogP contribution < -0.4 is 4.74 Å². The van der Waals surface area contributed by atoms with Gasteiger partial charge in [0, 0.05) is 13.1 Å². The van der Waals surface area contributed by atoms with E-state index in [-0.39, 0.29) is 0 Å². The van der Waals surface area contributed by atoms with E-state index in [1.54, 1.807) is 11.4 Å². The molecule has 1 heterocycles. The zero-order valence-electron chi connectivity index (χ0n) is 16.7. The summed E-state index contributed by atoms with van der Waals surface area (Å²) in [5, 5.41) is 0. The molecule has 0 bridgehead atoms. The van der Waals surface area contributed by atoms with E-state index < -0.39 is 10.0 Å². The Labute approximate surface area is 163 Å². The monoisotopic (exact) mass is 387 g/mol. The lowest BCUT2D eigenvalue weighted by atomic mass is 9.91. The standard InChI is InChI=1S/C22H29NO3S/c1-16-14-21(26-4)17(2)18(3)22(16)27(24,25)23-12-10-20(11-13-23)15-19-8-6-5-7-9-19/h5-9,14,20H,10-13,15H2,1-4H3. The molecule has 146 valence electrons. The van der Waals surface area contributed by atoms with Gasteiger partial charge in [-0.25, -0.2) is 8.42 Å². The van der Waals surface area contributed by atoms with Crippen molar-refractivity contribution in [3.05, 3.63) is 58.7 Å². The first-order valence-electron chi connectivity index (χ1n) is 9.53. The molecule has 0 atom stereocenters. The highest BCUT2D eigenvalue weighted by molar-refractivity contribution is 7.89. The van der Waals surface area contributed by atoms with Crippen LogP contribution in [0.2, 0.25) is 0 Å². The number of hydrogen-bond donors (Lipinski definition) is 0. The Balaban J connectivity index is 1.77. The van der Waals surface area contributed by atoms with Crippen molar-refractivity contribution in [2.24, 2.45) is 5.92 Å². The molecule has 0 radical (unpaired) electrons. The minimum atomic E-state index is -3.49. The van der Waals surface area contributed by atoms with E-state index in [1.807, 2.05) is 32.9 Å². The summed E-state index contributed by atoms with van der Waals surface area (Å²) < 4.78 is 33.7. The second-order valence-electron chi connectivity index (χ2n) is 7.51. The van der Waals surface area contributed by atoms with Gasteiger partial charge in [-0.1, -0.05) is 30.3 Å². The SMILES string of the molecule is COc1cc(C)c(S(=O)(=O)N2CCC(Cc3ccccc3)CC2)c(C)c1C. The average molecular weight is 388 g/mol. The lowest BCUT2D eigenvalue weighted by Gasteiger charge is -2.32. The summed E-state index contributed by atoms with van der Waals surface area (Å²) in [5.74, 6) is 1.28. The van der Waals surface area contributed by atoms with E-state index in [1.165, 1.54) is 5.56 Å². The number of aryl methyl sites for hydroxylation is 1. The van der Waals surface area contributed by atoms with Crippen molar-refractivity contribution < 1.29 is 13.2 Å². The summed E-state index contributed by atoms with van der Waals surface area (Å²) in [7, 11) is -1.87. The van der Waals surface area contributed by atoms with E-state index >= 15 is 0 Å². The summed E-state index contributed by atoms with van der Waals surface area (Å²) in [5.41, 5.74) is 3.76. The fourth-order valence-electron chi connectivity index (χ4n) is 4.06. The van der Waals surface area contributed by atoms with E-state index in [4.69, 9.17) is 4.74 Å². The highest BCUT2D eigenvalue weighted by Gasteiger charge is 2.32. The molecular formula is C22H29NO3S. The van der Waals surface area contributed by atoms with Gasteiger partial charge in [0.15, 0.2) is 0 Å². The molecular weight excluding hydrogens is 358 g/mol. The van der Waals surface area contributed by atoms with Crippen LogP contribution in [-0.4, -0.2) is 32.9 Å². The van der Waals surface area contributed by atoms with Crippen molar-refractivity contribution in [3.8, 4) is 5.75 Å². The lowest BCUT2D eigenvalue weighted by molar-refractivity contribution is 0.272. The molecule has 0 amide bonds.